The fourth-order valence-electron chi connectivity index (χ4n) is 5.10. The number of fused-ring (bicyclic) bond motifs is 6. The molecule has 0 aliphatic heterocycles. The minimum atomic E-state index is 1.25. The Morgan fingerprint density at radius 3 is 1.82 bits per heavy atom. The number of thiophene rings is 1. The Morgan fingerprint density at radius 2 is 1.00 bits per heavy atom. The van der Waals surface area contributed by atoms with Gasteiger partial charge in [-0.3, -0.25) is 0 Å². The third-order valence-corrected chi connectivity index (χ3v) is 7.90. The molecule has 0 amide bonds. The molecule has 0 N–H and O–H groups in total. The van der Waals surface area contributed by atoms with Gasteiger partial charge in [0.05, 0.1) is 0 Å². The first kappa shape index (κ1) is 18.6. The molecule has 0 saturated heterocycles. The maximum Gasteiger partial charge on any atom is 0.0433 e. The van der Waals surface area contributed by atoms with Gasteiger partial charge in [-0.1, -0.05) is 109 Å². The molecule has 1 aromatic heterocycles. The van der Waals surface area contributed by atoms with Crippen LogP contribution in [0.4, 0.5) is 0 Å². The van der Waals surface area contributed by atoms with Crippen LogP contribution in [0.3, 0.4) is 0 Å². The maximum atomic E-state index is 2.33. The Balaban J connectivity index is 1.40. The summed E-state index contributed by atoms with van der Waals surface area (Å²) < 4.78 is 2.71. The van der Waals surface area contributed by atoms with Crippen LogP contribution in [-0.4, -0.2) is 0 Å². The molecule has 0 nitrogen and oxygen atoms in total. The summed E-state index contributed by atoms with van der Waals surface area (Å²) >= 11 is 1.89. The Labute approximate surface area is 196 Å². The molecule has 1 heteroatoms. The Hall–Kier alpha value is -3.94. The summed E-state index contributed by atoms with van der Waals surface area (Å²) in [7, 11) is 0. The van der Waals surface area contributed by atoms with Gasteiger partial charge >= 0.3 is 0 Å². The second-order valence-corrected chi connectivity index (χ2v) is 9.60. The molecule has 7 rings (SSSR count). The zero-order chi connectivity index (χ0) is 21.8. The fraction of sp³-hybridized carbons (Fsp3) is 0. The molecule has 0 aliphatic carbocycles. The smallest absolute Gasteiger partial charge is 0.0433 e. The first-order chi connectivity index (χ1) is 16.4. The lowest BCUT2D eigenvalue weighted by atomic mass is 9.92. The summed E-state index contributed by atoms with van der Waals surface area (Å²) in [6, 6.07) is 44.2. The molecular formula is C32H20S. The van der Waals surface area contributed by atoms with E-state index >= 15 is 0 Å². The summed E-state index contributed by atoms with van der Waals surface area (Å²) in [6.45, 7) is 0. The van der Waals surface area contributed by atoms with E-state index in [0.29, 0.717) is 0 Å². The largest absolute Gasteiger partial charge is 0.135 e. The van der Waals surface area contributed by atoms with Gasteiger partial charge in [0.1, 0.15) is 0 Å². The van der Waals surface area contributed by atoms with Crippen LogP contribution in [0.1, 0.15) is 0 Å². The average molecular weight is 437 g/mol. The van der Waals surface area contributed by atoms with Gasteiger partial charge < -0.3 is 0 Å². The first-order valence-corrected chi connectivity index (χ1v) is 12.1. The molecular weight excluding hydrogens is 416 g/mol. The third-order valence-electron chi connectivity index (χ3n) is 6.68. The van der Waals surface area contributed by atoms with E-state index in [1.54, 1.807) is 0 Å². The number of hydrogen-bond acceptors (Lipinski definition) is 1. The lowest BCUT2D eigenvalue weighted by Crippen LogP contribution is -1.85. The lowest BCUT2D eigenvalue weighted by Gasteiger charge is -2.12. The minimum absolute atomic E-state index is 1.25. The molecule has 0 bridgehead atoms. The Kier molecular flexibility index (Phi) is 4.12. The predicted octanol–water partition coefficient (Wildman–Crippen LogP) is 9.69. The summed E-state index contributed by atoms with van der Waals surface area (Å²) in [5, 5.41) is 7.90. The number of benzene rings is 6. The van der Waals surface area contributed by atoms with Crippen molar-refractivity contribution in [2.24, 2.45) is 0 Å². The van der Waals surface area contributed by atoms with Crippen LogP contribution in [0.15, 0.2) is 121 Å². The van der Waals surface area contributed by atoms with Crippen LogP contribution >= 0.6 is 11.3 Å². The van der Waals surface area contributed by atoms with E-state index in [1.807, 2.05) is 11.3 Å². The monoisotopic (exact) mass is 436 g/mol. The second kappa shape index (κ2) is 7.30. The lowest BCUT2D eigenvalue weighted by molar-refractivity contribution is 1.64. The van der Waals surface area contributed by atoms with E-state index in [9.17, 15) is 0 Å². The number of rotatable bonds is 2. The molecule has 0 unspecified atom stereocenters. The highest BCUT2D eigenvalue weighted by Crippen LogP contribution is 2.41. The first-order valence-electron chi connectivity index (χ1n) is 11.3. The fourth-order valence-corrected chi connectivity index (χ4v) is 6.34. The van der Waals surface area contributed by atoms with E-state index in [-0.39, 0.29) is 0 Å². The highest BCUT2D eigenvalue weighted by Gasteiger charge is 2.12. The molecule has 7 aromatic rings. The van der Waals surface area contributed by atoms with E-state index in [4.69, 9.17) is 0 Å². The molecule has 0 atom stereocenters. The van der Waals surface area contributed by atoms with Crippen LogP contribution in [0.2, 0.25) is 0 Å². The summed E-state index contributed by atoms with van der Waals surface area (Å²) in [5.41, 5.74) is 5.12. The molecule has 0 spiro atoms. The minimum Gasteiger partial charge on any atom is -0.135 e. The van der Waals surface area contributed by atoms with E-state index in [0.717, 1.165) is 0 Å². The van der Waals surface area contributed by atoms with Crippen LogP contribution in [0, 0.1) is 0 Å². The van der Waals surface area contributed by atoms with Gasteiger partial charge in [0.2, 0.25) is 0 Å². The van der Waals surface area contributed by atoms with Crippen LogP contribution in [0.5, 0.6) is 0 Å². The van der Waals surface area contributed by atoms with Crippen molar-refractivity contribution in [3.8, 4) is 22.3 Å². The van der Waals surface area contributed by atoms with Gasteiger partial charge in [-0.2, -0.15) is 0 Å². The molecule has 1 heterocycles. The van der Waals surface area contributed by atoms with Crippen molar-refractivity contribution in [1.82, 2.24) is 0 Å². The van der Waals surface area contributed by atoms with Crippen LogP contribution in [-0.2, 0) is 0 Å². The van der Waals surface area contributed by atoms with Crippen molar-refractivity contribution in [3.63, 3.8) is 0 Å². The van der Waals surface area contributed by atoms with Crippen LogP contribution in [0.25, 0.3) is 64.0 Å². The summed E-state index contributed by atoms with van der Waals surface area (Å²) in [6.07, 6.45) is 0. The van der Waals surface area contributed by atoms with E-state index < -0.39 is 0 Å². The van der Waals surface area contributed by atoms with Crippen molar-refractivity contribution in [1.29, 1.82) is 0 Å². The van der Waals surface area contributed by atoms with Crippen molar-refractivity contribution >= 4 is 53.1 Å². The van der Waals surface area contributed by atoms with Crippen LogP contribution < -0.4 is 0 Å². The highest BCUT2D eigenvalue weighted by atomic mass is 32.1. The van der Waals surface area contributed by atoms with Gasteiger partial charge in [-0.15, -0.1) is 11.3 Å². The van der Waals surface area contributed by atoms with Gasteiger partial charge in [0, 0.05) is 20.2 Å². The summed E-state index contributed by atoms with van der Waals surface area (Å²) in [4.78, 5) is 0. The van der Waals surface area contributed by atoms with Crippen molar-refractivity contribution in [3.05, 3.63) is 121 Å². The molecule has 0 aliphatic rings. The van der Waals surface area contributed by atoms with Crippen molar-refractivity contribution in [2.75, 3.05) is 0 Å². The van der Waals surface area contributed by atoms with Gasteiger partial charge in [0.25, 0.3) is 0 Å². The number of hydrogen-bond donors (Lipinski definition) is 0. The van der Waals surface area contributed by atoms with E-state index in [2.05, 4.69) is 121 Å². The maximum absolute atomic E-state index is 2.33. The van der Waals surface area contributed by atoms with Crippen molar-refractivity contribution in [2.45, 2.75) is 0 Å². The Bertz CT molecular complexity index is 1800. The predicted molar refractivity (Wildman–Crippen MR) is 145 cm³/mol. The SMILES string of the molecule is c1ccc2c(c1)cc(-c1ccc(-c3cccc4c3sc3ccccc34)cc1)c1ccccc12. The molecule has 0 fully saturated rings. The molecule has 0 radical (unpaired) electrons. The topological polar surface area (TPSA) is 0 Å². The Morgan fingerprint density at radius 1 is 0.394 bits per heavy atom. The quantitative estimate of drug-likeness (QED) is 0.237. The molecule has 6 aromatic carbocycles. The standard InChI is InChI=1S/C32H20S/c1-2-9-24-23(8-1)20-30(27-11-4-3-10-26(24)27)22-18-16-21(17-19-22)25-13-7-14-29-28-12-5-6-15-31(28)33-32(25)29/h1-20H. The average Bonchev–Trinajstić information content (AvgIpc) is 3.27. The normalized spacial score (nSPS) is 11.6. The van der Waals surface area contributed by atoms with E-state index in [1.165, 1.54) is 64.0 Å². The zero-order valence-electron chi connectivity index (χ0n) is 18.0. The van der Waals surface area contributed by atoms with Crippen molar-refractivity contribution < 1.29 is 0 Å². The zero-order valence-corrected chi connectivity index (χ0v) is 18.8. The second-order valence-electron chi connectivity index (χ2n) is 8.55. The van der Waals surface area contributed by atoms with Gasteiger partial charge in [0.15, 0.2) is 0 Å². The highest BCUT2D eigenvalue weighted by molar-refractivity contribution is 7.26. The molecule has 0 saturated carbocycles. The van der Waals surface area contributed by atoms with Gasteiger partial charge in [-0.05, 0) is 55.9 Å². The third kappa shape index (κ3) is 2.90. The summed E-state index contributed by atoms with van der Waals surface area (Å²) in [5.74, 6) is 0. The molecule has 154 valence electrons. The van der Waals surface area contributed by atoms with Gasteiger partial charge in [-0.25, -0.2) is 0 Å². The molecule has 33 heavy (non-hydrogen) atoms.